The van der Waals surface area contributed by atoms with E-state index < -0.39 is 11.6 Å². The number of nitrogens with zero attached hydrogens (tertiary/aromatic N) is 3. The van der Waals surface area contributed by atoms with Gasteiger partial charge in [0.1, 0.15) is 21.5 Å². The summed E-state index contributed by atoms with van der Waals surface area (Å²) < 4.78 is 28.9. The number of fused-ring (bicyclic) bond motifs is 1. The van der Waals surface area contributed by atoms with Gasteiger partial charge in [-0.3, -0.25) is 9.59 Å². The number of carbonyl (C=O) groups is 2. The monoisotopic (exact) mass is 632 g/mol. The highest BCUT2D eigenvalue weighted by molar-refractivity contribution is 7.21. The second-order valence-electron chi connectivity index (χ2n) is 10.5. The molecular weight excluding hydrogens is 598 g/mol. The van der Waals surface area contributed by atoms with Crippen LogP contribution in [0, 0.1) is 11.6 Å². The van der Waals surface area contributed by atoms with Gasteiger partial charge in [-0.15, -0.1) is 22.7 Å². The molecule has 0 saturated heterocycles. The van der Waals surface area contributed by atoms with Gasteiger partial charge in [-0.1, -0.05) is 49.1 Å². The largest absolute Gasteiger partial charge is 0.359 e. The number of rotatable bonds is 8. The lowest BCUT2D eigenvalue weighted by atomic mass is 9.93. The minimum Gasteiger partial charge on any atom is -0.359 e. The molecule has 224 valence electrons. The third-order valence-electron chi connectivity index (χ3n) is 7.18. The highest BCUT2D eigenvalue weighted by atomic mass is 35.5. The van der Waals surface area contributed by atoms with E-state index in [1.54, 1.807) is 24.6 Å². The second-order valence-corrected chi connectivity index (χ2v) is 12.8. The van der Waals surface area contributed by atoms with Crippen LogP contribution in [0.3, 0.4) is 0 Å². The van der Waals surface area contributed by atoms with Crippen molar-refractivity contribution in [2.45, 2.75) is 51.1 Å². The molecule has 5 rings (SSSR count). The Morgan fingerprint density at radius 1 is 1.10 bits per heavy atom. The molecule has 11 heteroatoms. The van der Waals surface area contributed by atoms with Crippen LogP contribution in [0.25, 0.3) is 20.7 Å². The molecule has 2 amide bonds. The number of thiophene rings is 1. The lowest BCUT2D eigenvalue weighted by molar-refractivity contribution is -0.120. The number of carbonyl (C=O) groups excluding carboxylic acids is 2. The Bertz CT molecular complexity index is 1500. The van der Waals surface area contributed by atoms with Crippen molar-refractivity contribution >= 4 is 56.2 Å². The first kappa shape index (κ1) is 32.0. The standard InChI is InChI=1S/C25H21ClF2N2OS2.C6H14N2O/c26-21-20-18(27)9-10-19(28)22(20)33-23(21)25(31)30(17-7-2-1-3-8-17)14-15-5-4-6-16(13-15)24-29-11-12-32-24;1-7-6(9)4-5-8(2)3/h4-6,9-13,17H,1-3,7-8,14H2;4-5H2,1-3H3,(H,7,9). The van der Waals surface area contributed by atoms with Crippen molar-refractivity contribution in [2.75, 3.05) is 27.7 Å². The minimum atomic E-state index is -0.618. The van der Waals surface area contributed by atoms with Gasteiger partial charge in [0.25, 0.3) is 5.91 Å². The Labute approximate surface area is 258 Å². The summed E-state index contributed by atoms with van der Waals surface area (Å²) in [6.45, 7) is 1.22. The van der Waals surface area contributed by atoms with Crippen molar-refractivity contribution in [2.24, 2.45) is 0 Å². The molecule has 0 bridgehead atoms. The van der Waals surface area contributed by atoms with Gasteiger partial charge in [-0.05, 0) is 50.7 Å². The highest BCUT2D eigenvalue weighted by Crippen LogP contribution is 2.40. The van der Waals surface area contributed by atoms with E-state index in [1.165, 1.54) is 0 Å². The molecule has 2 heterocycles. The van der Waals surface area contributed by atoms with Crippen LogP contribution >= 0.6 is 34.3 Å². The third kappa shape index (κ3) is 7.92. The van der Waals surface area contributed by atoms with Crippen molar-refractivity contribution in [3.63, 3.8) is 0 Å². The van der Waals surface area contributed by atoms with Crippen molar-refractivity contribution < 1.29 is 18.4 Å². The van der Waals surface area contributed by atoms with Crippen molar-refractivity contribution in [3.05, 3.63) is 75.1 Å². The van der Waals surface area contributed by atoms with E-state index in [9.17, 15) is 18.4 Å². The Morgan fingerprint density at radius 3 is 2.48 bits per heavy atom. The fourth-order valence-corrected chi connectivity index (χ4v) is 7.08. The zero-order valence-electron chi connectivity index (χ0n) is 24.0. The first-order chi connectivity index (χ1) is 20.2. The van der Waals surface area contributed by atoms with Crippen LogP contribution in [-0.2, 0) is 11.3 Å². The lowest BCUT2D eigenvalue weighted by Gasteiger charge is -2.34. The van der Waals surface area contributed by atoms with E-state index in [4.69, 9.17) is 11.6 Å². The van der Waals surface area contributed by atoms with Gasteiger partial charge < -0.3 is 15.1 Å². The van der Waals surface area contributed by atoms with Crippen molar-refractivity contribution in [1.29, 1.82) is 0 Å². The van der Waals surface area contributed by atoms with Crippen LogP contribution in [-0.4, -0.2) is 60.3 Å². The molecule has 2 aromatic carbocycles. The van der Waals surface area contributed by atoms with Crippen LogP contribution < -0.4 is 5.32 Å². The summed E-state index contributed by atoms with van der Waals surface area (Å²) in [5, 5.41) is 5.39. The van der Waals surface area contributed by atoms with Gasteiger partial charge in [0, 0.05) is 49.7 Å². The molecule has 1 aliphatic rings. The molecular formula is C31H35ClF2N4O2S2. The first-order valence-corrected chi connectivity index (χ1v) is 16.0. The molecule has 1 fully saturated rings. The normalized spacial score (nSPS) is 13.6. The maximum atomic E-state index is 14.4. The number of nitrogens with one attached hydrogen (secondary N) is 1. The predicted octanol–water partition coefficient (Wildman–Crippen LogP) is 7.62. The lowest BCUT2D eigenvalue weighted by Crippen LogP contribution is -2.40. The Hall–Kier alpha value is -2.92. The Balaban J connectivity index is 0.000000392. The van der Waals surface area contributed by atoms with Gasteiger partial charge in [0.05, 0.1) is 15.1 Å². The molecule has 0 atom stereocenters. The topological polar surface area (TPSA) is 65.5 Å². The smallest absolute Gasteiger partial charge is 0.266 e. The average molecular weight is 633 g/mol. The van der Waals surface area contributed by atoms with E-state index in [-0.39, 0.29) is 37.8 Å². The molecule has 42 heavy (non-hydrogen) atoms. The van der Waals surface area contributed by atoms with Crippen LogP contribution in [0.2, 0.25) is 5.02 Å². The molecule has 4 aromatic rings. The molecule has 6 nitrogen and oxygen atoms in total. The average Bonchev–Trinajstić information content (AvgIpc) is 3.66. The summed E-state index contributed by atoms with van der Waals surface area (Å²) in [6.07, 6.45) is 7.42. The molecule has 1 N–H and O–H groups in total. The van der Waals surface area contributed by atoms with Crippen molar-refractivity contribution in [3.8, 4) is 10.6 Å². The van der Waals surface area contributed by atoms with Crippen LogP contribution in [0.5, 0.6) is 0 Å². The maximum absolute atomic E-state index is 14.4. The van der Waals surface area contributed by atoms with Crippen LogP contribution in [0.4, 0.5) is 8.78 Å². The van der Waals surface area contributed by atoms with Crippen molar-refractivity contribution in [1.82, 2.24) is 20.1 Å². The SMILES string of the molecule is CNC(=O)CCN(C)C.O=C(c1sc2c(F)ccc(F)c2c1Cl)N(Cc1cccc(-c2nccs2)c1)C1CCCCC1. The fraction of sp³-hybridized carbons (Fsp3) is 0.387. The van der Waals surface area contributed by atoms with E-state index >= 15 is 0 Å². The Morgan fingerprint density at radius 2 is 1.83 bits per heavy atom. The van der Waals surface area contributed by atoms with E-state index in [0.717, 1.165) is 78.3 Å². The summed E-state index contributed by atoms with van der Waals surface area (Å²) in [7, 11) is 5.55. The summed E-state index contributed by atoms with van der Waals surface area (Å²) in [6, 6.07) is 10.2. The second kappa shape index (κ2) is 15.0. The zero-order chi connectivity index (χ0) is 30.2. The van der Waals surface area contributed by atoms with E-state index in [0.29, 0.717) is 13.0 Å². The summed E-state index contributed by atoms with van der Waals surface area (Å²) >= 11 is 8.95. The first-order valence-electron chi connectivity index (χ1n) is 13.9. The van der Waals surface area contributed by atoms with Gasteiger partial charge in [0.2, 0.25) is 5.91 Å². The zero-order valence-corrected chi connectivity index (χ0v) is 26.4. The van der Waals surface area contributed by atoms with Crippen LogP contribution in [0.1, 0.15) is 53.8 Å². The van der Waals surface area contributed by atoms with E-state index in [2.05, 4.69) is 10.3 Å². The van der Waals surface area contributed by atoms with Gasteiger partial charge >= 0.3 is 0 Å². The summed E-state index contributed by atoms with van der Waals surface area (Å²) in [5.41, 5.74) is 1.98. The Kier molecular flexibility index (Phi) is 11.4. The molecule has 1 aliphatic carbocycles. The predicted molar refractivity (Wildman–Crippen MR) is 168 cm³/mol. The summed E-state index contributed by atoms with van der Waals surface area (Å²) in [5.74, 6) is -1.36. The molecule has 0 radical (unpaired) electrons. The van der Waals surface area contributed by atoms with Crippen LogP contribution in [0.15, 0.2) is 48.0 Å². The number of hydrogen-bond donors (Lipinski definition) is 1. The number of amides is 2. The minimum absolute atomic E-state index is 0.00524. The number of halogens is 3. The maximum Gasteiger partial charge on any atom is 0.266 e. The third-order valence-corrected chi connectivity index (χ3v) is 9.67. The van der Waals surface area contributed by atoms with Gasteiger partial charge in [0.15, 0.2) is 0 Å². The number of hydrogen-bond acceptors (Lipinski definition) is 6. The molecule has 0 aliphatic heterocycles. The summed E-state index contributed by atoms with van der Waals surface area (Å²) in [4.78, 5) is 32.7. The fourth-order valence-electron chi connectivity index (χ4n) is 4.94. The molecule has 0 spiro atoms. The van der Waals surface area contributed by atoms with Gasteiger partial charge in [-0.25, -0.2) is 13.8 Å². The van der Waals surface area contributed by atoms with E-state index in [1.807, 2.05) is 53.5 Å². The molecule has 1 saturated carbocycles. The van der Waals surface area contributed by atoms with Gasteiger partial charge in [-0.2, -0.15) is 0 Å². The highest BCUT2D eigenvalue weighted by Gasteiger charge is 2.31. The molecule has 2 aromatic heterocycles. The quantitative estimate of drug-likeness (QED) is 0.217. The number of thiazole rings is 1. The number of aromatic nitrogens is 1. The molecule has 0 unspecified atom stereocenters. The number of benzene rings is 2.